The average Bonchev–Trinajstić information content (AvgIpc) is 2.39. The van der Waals surface area contributed by atoms with Gasteiger partial charge in [-0.2, -0.15) is 0 Å². The zero-order chi connectivity index (χ0) is 14.9. The molecule has 1 aliphatic rings. The molecule has 0 spiro atoms. The molecule has 1 nitrogen and oxygen atoms in total. The molecule has 0 bridgehead atoms. The Morgan fingerprint density at radius 2 is 1.85 bits per heavy atom. The lowest BCUT2D eigenvalue weighted by Gasteiger charge is -2.36. The van der Waals surface area contributed by atoms with E-state index in [1.807, 2.05) is 6.92 Å². The smallest absolute Gasteiger partial charge is 0.128 e. The van der Waals surface area contributed by atoms with Crippen molar-refractivity contribution >= 4 is 0 Å². The van der Waals surface area contributed by atoms with E-state index in [9.17, 15) is 8.78 Å². The zero-order valence-corrected chi connectivity index (χ0v) is 12.8. The number of hydrogen-bond donors (Lipinski definition) is 1. The summed E-state index contributed by atoms with van der Waals surface area (Å²) in [5.41, 5.74) is 0.789. The van der Waals surface area contributed by atoms with Gasteiger partial charge in [-0.1, -0.05) is 26.7 Å². The molecule has 1 saturated carbocycles. The lowest BCUT2D eigenvalue weighted by molar-refractivity contribution is 0.195. The second kappa shape index (κ2) is 6.21. The molecule has 2 rings (SSSR count). The van der Waals surface area contributed by atoms with Crippen molar-refractivity contribution in [2.24, 2.45) is 11.8 Å². The predicted molar refractivity (Wildman–Crippen MR) is 78.6 cm³/mol. The standard InChI is InChI=1S/C17H25F2N/c1-10-6-5-7-17(12(10)3)20-13(4)14-9-15(18)11(2)8-16(14)19/h8-10,12-13,17,20H,5-7H2,1-4H3. The monoisotopic (exact) mass is 281 g/mol. The van der Waals surface area contributed by atoms with Gasteiger partial charge in [0.2, 0.25) is 0 Å². The molecule has 0 radical (unpaired) electrons. The molecule has 4 unspecified atom stereocenters. The number of rotatable bonds is 3. The SMILES string of the molecule is Cc1cc(F)c(C(C)NC2CCCC(C)C2C)cc1F. The fourth-order valence-electron chi connectivity index (χ4n) is 3.22. The molecule has 1 aliphatic carbocycles. The molecule has 0 amide bonds. The van der Waals surface area contributed by atoms with E-state index < -0.39 is 0 Å². The molecule has 1 N–H and O–H groups in total. The minimum atomic E-state index is -0.333. The summed E-state index contributed by atoms with van der Waals surface area (Å²) < 4.78 is 27.6. The largest absolute Gasteiger partial charge is 0.307 e. The molecule has 0 saturated heterocycles. The van der Waals surface area contributed by atoms with E-state index in [1.54, 1.807) is 6.92 Å². The fraction of sp³-hybridized carbons (Fsp3) is 0.647. The Balaban J connectivity index is 2.12. The normalized spacial score (nSPS) is 28.4. The van der Waals surface area contributed by atoms with Gasteiger partial charge in [0, 0.05) is 17.6 Å². The maximum Gasteiger partial charge on any atom is 0.128 e. The van der Waals surface area contributed by atoms with E-state index in [4.69, 9.17) is 0 Å². The summed E-state index contributed by atoms with van der Waals surface area (Å²) in [7, 11) is 0. The Kier molecular flexibility index (Phi) is 4.79. The van der Waals surface area contributed by atoms with Crippen LogP contribution in [0, 0.1) is 30.4 Å². The lowest BCUT2D eigenvalue weighted by Crippen LogP contribution is -2.41. The van der Waals surface area contributed by atoms with Gasteiger partial charge in [-0.05, 0) is 49.8 Å². The molecule has 112 valence electrons. The number of halogens is 2. The van der Waals surface area contributed by atoms with Crippen LogP contribution in [0.25, 0.3) is 0 Å². The van der Waals surface area contributed by atoms with E-state index in [2.05, 4.69) is 19.2 Å². The molecule has 0 aromatic heterocycles. The molecular weight excluding hydrogens is 256 g/mol. The minimum Gasteiger partial charge on any atom is -0.307 e. The van der Waals surface area contributed by atoms with Crippen molar-refractivity contribution in [3.05, 3.63) is 34.9 Å². The highest BCUT2D eigenvalue weighted by Crippen LogP contribution is 2.31. The van der Waals surface area contributed by atoms with Crippen molar-refractivity contribution in [1.29, 1.82) is 0 Å². The van der Waals surface area contributed by atoms with Crippen molar-refractivity contribution in [3.8, 4) is 0 Å². The molecule has 1 fully saturated rings. The van der Waals surface area contributed by atoms with Gasteiger partial charge in [0.25, 0.3) is 0 Å². The van der Waals surface area contributed by atoms with Crippen LogP contribution in [0.2, 0.25) is 0 Å². The third kappa shape index (κ3) is 3.20. The van der Waals surface area contributed by atoms with E-state index in [-0.39, 0.29) is 17.7 Å². The molecule has 3 heteroatoms. The van der Waals surface area contributed by atoms with E-state index in [1.165, 1.54) is 25.0 Å². The van der Waals surface area contributed by atoms with Gasteiger partial charge < -0.3 is 5.32 Å². The van der Waals surface area contributed by atoms with Crippen LogP contribution in [0.15, 0.2) is 12.1 Å². The van der Waals surface area contributed by atoms with Crippen molar-refractivity contribution < 1.29 is 8.78 Å². The van der Waals surface area contributed by atoms with Gasteiger partial charge >= 0.3 is 0 Å². The summed E-state index contributed by atoms with van der Waals surface area (Å²) in [5.74, 6) is 0.609. The van der Waals surface area contributed by atoms with Crippen molar-refractivity contribution in [2.75, 3.05) is 0 Å². The van der Waals surface area contributed by atoms with Crippen LogP contribution in [0.3, 0.4) is 0 Å². The molecule has 0 heterocycles. The van der Waals surface area contributed by atoms with Gasteiger partial charge in [0.15, 0.2) is 0 Å². The molecule has 20 heavy (non-hydrogen) atoms. The number of nitrogens with one attached hydrogen (secondary N) is 1. The highest BCUT2D eigenvalue weighted by atomic mass is 19.1. The van der Waals surface area contributed by atoms with E-state index in [0.29, 0.717) is 29.0 Å². The highest BCUT2D eigenvalue weighted by Gasteiger charge is 2.28. The van der Waals surface area contributed by atoms with Crippen LogP contribution < -0.4 is 5.32 Å². The van der Waals surface area contributed by atoms with Gasteiger partial charge in [0.1, 0.15) is 11.6 Å². The van der Waals surface area contributed by atoms with Gasteiger partial charge in [-0.15, -0.1) is 0 Å². The molecular formula is C17H25F2N. The minimum absolute atomic E-state index is 0.164. The third-order valence-electron chi connectivity index (χ3n) is 4.92. The summed E-state index contributed by atoms with van der Waals surface area (Å²) in [6.07, 6.45) is 3.59. The number of benzene rings is 1. The van der Waals surface area contributed by atoms with Crippen LogP contribution in [0.1, 0.15) is 57.2 Å². The van der Waals surface area contributed by atoms with Gasteiger partial charge in [-0.3, -0.25) is 0 Å². The Morgan fingerprint density at radius 3 is 2.55 bits per heavy atom. The summed E-state index contributed by atoms with van der Waals surface area (Å²) in [5, 5.41) is 3.50. The first-order valence-corrected chi connectivity index (χ1v) is 7.61. The van der Waals surface area contributed by atoms with E-state index in [0.717, 1.165) is 6.42 Å². The Hall–Kier alpha value is -0.960. The summed E-state index contributed by atoms with van der Waals surface area (Å²) in [6, 6.07) is 2.84. The molecule has 0 aliphatic heterocycles. The lowest BCUT2D eigenvalue weighted by atomic mass is 9.77. The van der Waals surface area contributed by atoms with Crippen molar-refractivity contribution in [1.82, 2.24) is 5.32 Å². The first-order valence-electron chi connectivity index (χ1n) is 7.61. The molecule has 1 aromatic rings. The number of aryl methyl sites for hydroxylation is 1. The van der Waals surface area contributed by atoms with Crippen LogP contribution in [0.5, 0.6) is 0 Å². The molecule has 4 atom stereocenters. The average molecular weight is 281 g/mol. The first-order chi connectivity index (χ1) is 9.40. The summed E-state index contributed by atoms with van der Waals surface area (Å²) >= 11 is 0. The fourth-order valence-corrected chi connectivity index (χ4v) is 3.22. The zero-order valence-electron chi connectivity index (χ0n) is 12.8. The second-order valence-electron chi connectivity index (χ2n) is 6.39. The van der Waals surface area contributed by atoms with E-state index >= 15 is 0 Å². The first kappa shape index (κ1) is 15.4. The topological polar surface area (TPSA) is 12.0 Å². The van der Waals surface area contributed by atoms with Crippen molar-refractivity contribution in [3.63, 3.8) is 0 Å². The second-order valence-corrected chi connectivity index (χ2v) is 6.39. The van der Waals surface area contributed by atoms with Crippen molar-refractivity contribution in [2.45, 2.75) is 59.0 Å². The van der Waals surface area contributed by atoms with Gasteiger partial charge in [-0.25, -0.2) is 8.78 Å². The van der Waals surface area contributed by atoms with Crippen LogP contribution >= 0.6 is 0 Å². The molecule has 1 aromatic carbocycles. The van der Waals surface area contributed by atoms with Gasteiger partial charge in [0.05, 0.1) is 0 Å². The summed E-state index contributed by atoms with van der Waals surface area (Å²) in [6.45, 7) is 8.03. The Labute approximate surface area is 120 Å². The third-order valence-corrected chi connectivity index (χ3v) is 4.92. The maximum absolute atomic E-state index is 14.0. The Morgan fingerprint density at radius 1 is 1.15 bits per heavy atom. The van der Waals surface area contributed by atoms with Crippen LogP contribution in [0.4, 0.5) is 8.78 Å². The predicted octanol–water partition coefficient (Wildman–Crippen LogP) is 4.75. The van der Waals surface area contributed by atoms with Crippen LogP contribution in [-0.2, 0) is 0 Å². The summed E-state index contributed by atoms with van der Waals surface area (Å²) in [4.78, 5) is 0. The Bertz CT molecular complexity index is 472. The van der Waals surface area contributed by atoms with Crippen LogP contribution in [-0.4, -0.2) is 6.04 Å². The number of hydrogen-bond acceptors (Lipinski definition) is 1. The maximum atomic E-state index is 14.0. The highest BCUT2D eigenvalue weighted by molar-refractivity contribution is 5.27. The quantitative estimate of drug-likeness (QED) is 0.843.